The summed E-state index contributed by atoms with van der Waals surface area (Å²) in [5.41, 5.74) is -0.0924. The van der Waals surface area contributed by atoms with Crippen LogP contribution >= 0.6 is 0 Å². The van der Waals surface area contributed by atoms with Crippen LogP contribution in [0.1, 0.15) is 45.6 Å². The minimum Gasteiger partial charge on any atom is -0.507 e. The van der Waals surface area contributed by atoms with E-state index in [0.29, 0.717) is 53.4 Å². The highest BCUT2D eigenvalue weighted by Crippen LogP contribution is 2.46. The number of methoxy groups -OCH3 is 4. The Morgan fingerprint density at radius 2 is 1.53 bits per heavy atom. The van der Waals surface area contributed by atoms with Gasteiger partial charge in [0.1, 0.15) is 17.1 Å². The Bertz CT molecular complexity index is 953. The average Bonchev–Trinajstić information content (AvgIpc) is 2.81. The molecule has 7 nitrogen and oxygen atoms in total. The second-order valence-corrected chi connectivity index (χ2v) is 7.36. The molecule has 2 rings (SSSR count). The van der Waals surface area contributed by atoms with Crippen LogP contribution in [0.5, 0.6) is 17.2 Å². The van der Waals surface area contributed by atoms with Gasteiger partial charge in [0.05, 0.1) is 33.9 Å². The summed E-state index contributed by atoms with van der Waals surface area (Å²) in [4.78, 5) is 26.6. The molecular formula is C25H32O7. The van der Waals surface area contributed by atoms with Crippen molar-refractivity contribution in [1.29, 1.82) is 0 Å². The maximum absolute atomic E-state index is 13.4. The lowest BCUT2D eigenvalue weighted by Crippen LogP contribution is -2.40. The van der Waals surface area contributed by atoms with Gasteiger partial charge in [-0.05, 0) is 43.0 Å². The Labute approximate surface area is 189 Å². The number of ketones is 2. The standard InChI is InChI=1S/C25H32O7/c1-8-16-21(27)20(23(28)25(9-2,10-3)24(16)32-7)17(26)12-11-15-13-18(29-4)22(31-6)19(14-15)30-5/h11-14,27H,8-10H2,1-7H3/b12-11+. The van der Waals surface area contributed by atoms with Crippen molar-refractivity contribution in [3.63, 3.8) is 0 Å². The highest BCUT2D eigenvalue weighted by molar-refractivity contribution is 6.28. The van der Waals surface area contributed by atoms with Gasteiger partial charge in [-0.1, -0.05) is 26.8 Å². The van der Waals surface area contributed by atoms with E-state index in [-0.39, 0.29) is 11.3 Å². The molecule has 1 aromatic rings. The number of hydrogen-bond acceptors (Lipinski definition) is 7. The number of Topliss-reactive ketones (excluding diaryl/α,β-unsaturated/α-hetero) is 1. The van der Waals surface area contributed by atoms with Gasteiger partial charge in [0, 0.05) is 5.57 Å². The summed E-state index contributed by atoms with van der Waals surface area (Å²) < 4.78 is 21.5. The lowest BCUT2D eigenvalue weighted by atomic mass is 9.68. The van der Waals surface area contributed by atoms with Gasteiger partial charge in [-0.25, -0.2) is 0 Å². The van der Waals surface area contributed by atoms with E-state index in [4.69, 9.17) is 18.9 Å². The summed E-state index contributed by atoms with van der Waals surface area (Å²) in [5.74, 6) is 0.437. The van der Waals surface area contributed by atoms with Gasteiger partial charge >= 0.3 is 0 Å². The first-order valence-electron chi connectivity index (χ1n) is 10.6. The maximum Gasteiger partial charge on any atom is 0.203 e. The van der Waals surface area contributed by atoms with Crippen molar-refractivity contribution in [1.82, 2.24) is 0 Å². The van der Waals surface area contributed by atoms with E-state index in [1.807, 2.05) is 20.8 Å². The van der Waals surface area contributed by atoms with E-state index in [9.17, 15) is 14.7 Å². The average molecular weight is 445 g/mol. The number of carbonyl (C=O) groups is 2. The zero-order chi connectivity index (χ0) is 24.1. The fourth-order valence-corrected chi connectivity index (χ4v) is 4.22. The smallest absolute Gasteiger partial charge is 0.203 e. The molecule has 1 aromatic carbocycles. The first kappa shape index (κ1) is 25.0. The Kier molecular flexibility index (Phi) is 8.14. The molecule has 1 aliphatic carbocycles. The Morgan fingerprint density at radius 1 is 0.969 bits per heavy atom. The highest BCUT2D eigenvalue weighted by atomic mass is 16.5. The molecule has 0 radical (unpaired) electrons. The molecule has 0 unspecified atom stereocenters. The Balaban J connectivity index is 2.56. The van der Waals surface area contributed by atoms with Crippen LogP contribution in [-0.4, -0.2) is 45.1 Å². The predicted molar refractivity (Wildman–Crippen MR) is 122 cm³/mol. The lowest BCUT2D eigenvalue weighted by Gasteiger charge is -2.37. The van der Waals surface area contributed by atoms with Gasteiger partial charge in [0.15, 0.2) is 23.1 Å². The molecule has 0 saturated carbocycles. The van der Waals surface area contributed by atoms with Crippen molar-refractivity contribution < 1.29 is 33.6 Å². The molecule has 174 valence electrons. The van der Waals surface area contributed by atoms with E-state index in [0.717, 1.165) is 0 Å². The van der Waals surface area contributed by atoms with Crippen LogP contribution in [0.15, 0.2) is 40.9 Å². The molecule has 0 bridgehead atoms. The molecule has 0 spiro atoms. The van der Waals surface area contributed by atoms with Crippen molar-refractivity contribution in [3.8, 4) is 17.2 Å². The van der Waals surface area contributed by atoms with Gasteiger partial charge in [-0.3, -0.25) is 9.59 Å². The topological polar surface area (TPSA) is 91.3 Å². The van der Waals surface area contributed by atoms with Gasteiger partial charge in [0.25, 0.3) is 0 Å². The maximum atomic E-state index is 13.4. The molecule has 0 aliphatic heterocycles. The van der Waals surface area contributed by atoms with Gasteiger partial charge in [-0.2, -0.15) is 0 Å². The third kappa shape index (κ3) is 4.11. The third-order valence-corrected chi connectivity index (χ3v) is 6.02. The minimum absolute atomic E-state index is 0.213. The van der Waals surface area contributed by atoms with Crippen LogP contribution < -0.4 is 14.2 Å². The van der Waals surface area contributed by atoms with E-state index < -0.39 is 17.0 Å². The minimum atomic E-state index is -0.974. The van der Waals surface area contributed by atoms with Crippen molar-refractivity contribution >= 4 is 17.6 Å². The van der Waals surface area contributed by atoms with Gasteiger partial charge in [-0.15, -0.1) is 0 Å². The van der Waals surface area contributed by atoms with Crippen molar-refractivity contribution in [2.45, 2.75) is 40.0 Å². The lowest BCUT2D eigenvalue weighted by molar-refractivity contribution is -0.128. The third-order valence-electron chi connectivity index (χ3n) is 6.02. The fraction of sp³-hybridized carbons (Fsp3) is 0.440. The largest absolute Gasteiger partial charge is 0.507 e. The number of hydrogen-bond donors (Lipinski definition) is 1. The van der Waals surface area contributed by atoms with Crippen molar-refractivity contribution in [2.75, 3.05) is 28.4 Å². The second kappa shape index (κ2) is 10.4. The quantitative estimate of drug-likeness (QED) is 0.409. The SMILES string of the molecule is CCC1=C(OC)C(CC)(CC)C(=O)C(C(=O)/C=C/c2cc(OC)c(OC)c(OC)c2)=C1O. The number of carbonyl (C=O) groups excluding carboxylic acids is 2. The molecule has 0 heterocycles. The summed E-state index contributed by atoms with van der Waals surface area (Å²) in [6.45, 7) is 5.61. The summed E-state index contributed by atoms with van der Waals surface area (Å²) in [7, 11) is 5.99. The van der Waals surface area contributed by atoms with Crippen LogP contribution in [-0.2, 0) is 14.3 Å². The predicted octanol–water partition coefficient (Wildman–Crippen LogP) is 4.81. The van der Waals surface area contributed by atoms with E-state index >= 15 is 0 Å². The van der Waals surface area contributed by atoms with E-state index in [2.05, 4.69) is 0 Å². The van der Waals surface area contributed by atoms with Crippen molar-refractivity contribution in [3.05, 3.63) is 46.4 Å². The van der Waals surface area contributed by atoms with Crippen LogP contribution in [0, 0.1) is 5.41 Å². The van der Waals surface area contributed by atoms with E-state index in [1.165, 1.54) is 34.5 Å². The van der Waals surface area contributed by atoms with Crippen LogP contribution in [0.3, 0.4) is 0 Å². The van der Waals surface area contributed by atoms with Crippen LogP contribution in [0.25, 0.3) is 6.08 Å². The fourth-order valence-electron chi connectivity index (χ4n) is 4.22. The van der Waals surface area contributed by atoms with Gasteiger partial charge in [0.2, 0.25) is 5.75 Å². The first-order chi connectivity index (χ1) is 15.3. The van der Waals surface area contributed by atoms with E-state index in [1.54, 1.807) is 18.2 Å². The molecule has 0 atom stereocenters. The molecule has 0 saturated heterocycles. The molecule has 32 heavy (non-hydrogen) atoms. The molecule has 0 fully saturated rings. The zero-order valence-corrected chi connectivity index (χ0v) is 19.8. The number of rotatable bonds is 10. The normalized spacial score (nSPS) is 15.9. The summed E-state index contributed by atoms with van der Waals surface area (Å²) >= 11 is 0. The Hall–Kier alpha value is -3.22. The molecule has 0 amide bonds. The number of aliphatic hydroxyl groups is 1. The Morgan fingerprint density at radius 3 is 1.94 bits per heavy atom. The van der Waals surface area contributed by atoms with Crippen LogP contribution in [0.4, 0.5) is 0 Å². The zero-order valence-electron chi connectivity index (χ0n) is 19.8. The molecule has 1 aliphatic rings. The van der Waals surface area contributed by atoms with Crippen LogP contribution in [0.2, 0.25) is 0 Å². The summed E-state index contributed by atoms with van der Waals surface area (Å²) in [6.07, 6.45) is 4.15. The van der Waals surface area contributed by atoms with Crippen molar-refractivity contribution in [2.24, 2.45) is 5.41 Å². The molecule has 1 N–H and O–H groups in total. The molecule has 0 aromatic heterocycles. The highest BCUT2D eigenvalue weighted by Gasteiger charge is 2.49. The number of allylic oxidation sites excluding steroid dienone is 4. The molecule has 7 heteroatoms. The number of aliphatic hydroxyl groups excluding tert-OH is 1. The number of ether oxygens (including phenoxy) is 4. The molecular weight excluding hydrogens is 412 g/mol. The first-order valence-corrected chi connectivity index (χ1v) is 10.6. The second-order valence-electron chi connectivity index (χ2n) is 7.36. The number of benzene rings is 1. The monoisotopic (exact) mass is 444 g/mol. The summed E-state index contributed by atoms with van der Waals surface area (Å²) in [6, 6.07) is 3.37. The van der Waals surface area contributed by atoms with Gasteiger partial charge < -0.3 is 24.1 Å². The summed E-state index contributed by atoms with van der Waals surface area (Å²) in [5, 5.41) is 10.8.